The molecule has 12 heteroatoms. The van der Waals surface area contributed by atoms with Crippen LogP contribution in [0.2, 0.25) is 0 Å². The summed E-state index contributed by atoms with van der Waals surface area (Å²) in [5, 5.41) is 27.7. The van der Waals surface area contributed by atoms with E-state index < -0.39 is 11.8 Å². The highest BCUT2D eigenvalue weighted by Gasteiger charge is 2.12. The van der Waals surface area contributed by atoms with Crippen molar-refractivity contribution in [1.29, 1.82) is 0 Å². The molecule has 12 nitrogen and oxygen atoms in total. The molecule has 0 aliphatic rings. The highest BCUT2D eigenvalue weighted by atomic mass is 16.5. The largest absolute Gasteiger partial charge is 0.504 e. The third-order valence-electron chi connectivity index (χ3n) is 4.45. The predicted octanol–water partition coefficient (Wildman–Crippen LogP) is 1.21. The van der Waals surface area contributed by atoms with Crippen molar-refractivity contribution in [3.8, 4) is 23.0 Å². The molecule has 0 saturated carbocycles. The quantitative estimate of drug-likeness (QED) is 0.275. The minimum Gasteiger partial charge on any atom is -0.504 e. The van der Waals surface area contributed by atoms with E-state index in [4.69, 9.17) is 9.47 Å². The molecule has 6 N–H and O–H groups in total. The lowest BCUT2D eigenvalue weighted by molar-refractivity contribution is 0.0945. The number of hydrogen-bond acceptors (Lipinski definition) is 9. The summed E-state index contributed by atoms with van der Waals surface area (Å²) in [6, 6.07) is 13.9. The number of aromatic hydroxyl groups is 2. The van der Waals surface area contributed by atoms with Crippen LogP contribution in [0.1, 0.15) is 32.1 Å². The molecule has 182 valence electrons. The van der Waals surface area contributed by atoms with E-state index in [1.165, 1.54) is 44.8 Å². The van der Waals surface area contributed by atoms with Gasteiger partial charge >= 0.3 is 0 Å². The Bertz CT molecular complexity index is 1170. The van der Waals surface area contributed by atoms with Crippen molar-refractivity contribution in [3.63, 3.8) is 0 Å². The first-order valence-corrected chi connectivity index (χ1v) is 9.80. The number of hydrazone groups is 2. The van der Waals surface area contributed by atoms with Gasteiger partial charge in [-0.1, -0.05) is 18.2 Å². The van der Waals surface area contributed by atoms with E-state index in [-0.39, 0.29) is 39.9 Å². The molecule has 3 rings (SSSR count). The van der Waals surface area contributed by atoms with Crippen molar-refractivity contribution in [3.05, 3.63) is 77.1 Å². The van der Waals surface area contributed by atoms with Gasteiger partial charge in [-0.05, 0) is 36.4 Å². The maximum absolute atomic E-state index is 12.3. The van der Waals surface area contributed by atoms with Gasteiger partial charge in [-0.2, -0.15) is 10.2 Å². The van der Waals surface area contributed by atoms with Crippen LogP contribution in [0.3, 0.4) is 0 Å². The Kier molecular flexibility index (Phi) is 9.25. The number of phenolic OH excluding ortho intramolecular Hbond substituents is 2. The maximum atomic E-state index is 12.3. The number of ether oxygens (including phenoxy) is 2. The molecule has 0 aliphatic heterocycles. The standard InChI is InChI=1S/C23H21N5O6.H2O/c1-33-18-10-3-6-14(20(18)29)12-24-27-22(31)16-8-5-9-17(26-16)23(32)28-25-13-15-7-4-11-19(34-2)21(15)30;/h3-13,29-30H,1-2H3,(H,27,31)(H,28,32);1H2/b24-12+,25-13+;. The zero-order chi connectivity index (χ0) is 24.5. The van der Waals surface area contributed by atoms with E-state index in [1.807, 2.05) is 0 Å². The summed E-state index contributed by atoms with van der Waals surface area (Å²) < 4.78 is 10.0. The average molecular weight is 481 g/mol. The van der Waals surface area contributed by atoms with Gasteiger partial charge in [0, 0.05) is 11.1 Å². The number of benzene rings is 2. The zero-order valence-electron chi connectivity index (χ0n) is 18.7. The number of carbonyl (C=O) groups is 2. The molecule has 0 saturated heterocycles. The van der Waals surface area contributed by atoms with Gasteiger partial charge < -0.3 is 25.2 Å². The third-order valence-corrected chi connectivity index (χ3v) is 4.45. The number of methoxy groups -OCH3 is 2. The van der Waals surface area contributed by atoms with E-state index in [2.05, 4.69) is 26.0 Å². The van der Waals surface area contributed by atoms with Crippen LogP contribution in [0.4, 0.5) is 0 Å². The highest BCUT2D eigenvalue weighted by Crippen LogP contribution is 2.28. The first-order chi connectivity index (χ1) is 16.4. The summed E-state index contributed by atoms with van der Waals surface area (Å²) in [6.45, 7) is 0. The van der Waals surface area contributed by atoms with Crippen LogP contribution in [0.15, 0.2) is 64.8 Å². The summed E-state index contributed by atoms with van der Waals surface area (Å²) in [5.41, 5.74) is 5.10. The van der Waals surface area contributed by atoms with Crippen LogP contribution in [0, 0.1) is 0 Å². The Morgan fingerprint density at radius 1 is 0.771 bits per heavy atom. The molecule has 0 bridgehead atoms. The van der Waals surface area contributed by atoms with E-state index >= 15 is 0 Å². The van der Waals surface area contributed by atoms with Crippen molar-refractivity contribution in [2.45, 2.75) is 0 Å². The van der Waals surface area contributed by atoms with Crippen LogP contribution in [-0.4, -0.2) is 59.1 Å². The summed E-state index contributed by atoms with van der Waals surface area (Å²) in [6.07, 6.45) is 2.49. The smallest absolute Gasteiger partial charge is 0.289 e. The fourth-order valence-electron chi connectivity index (χ4n) is 2.74. The first kappa shape index (κ1) is 26.3. The van der Waals surface area contributed by atoms with Crippen LogP contribution in [-0.2, 0) is 0 Å². The fourth-order valence-corrected chi connectivity index (χ4v) is 2.74. The van der Waals surface area contributed by atoms with Gasteiger partial charge in [0.05, 0.1) is 26.6 Å². The molecule has 2 amide bonds. The Hall–Kier alpha value is -4.97. The number of phenols is 2. The topological polar surface area (TPSA) is 186 Å². The lowest BCUT2D eigenvalue weighted by Gasteiger charge is -2.05. The summed E-state index contributed by atoms with van der Waals surface area (Å²) >= 11 is 0. The number of rotatable bonds is 8. The number of aromatic nitrogens is 1. The molecule has 0 radical (unpaired) electrons. The SMILES string of the molecule is COc1cccc(/C=N/NC(=O)c2cccc(C(=O)N/N=C/c3cccc(OC)c3O)n2)c1O.O. The second-order valence-electron chi connectivity index (χ2n) is 6.60. The van der Waals surface area contributed by atoms with Crippen LogP contribution < -0.4 is 20.3 Å². The van der Waals surface area contributed by atoms with Crippen LogP contribution >= 0.6 is 0 Å². The molecule has 0 aliphatic carbocycles. The Labute approximate surface area is 199 Å². The van der Waals surface area contributed by atoms with E-state index in [9.17, 15) is 19.8 Å². The predicted molar refractivity (Wildman–Crippen MR) is 127 cm³/mol. The maximum Gasteiger partial charge on any atom is 0.289 e. The first-order valence-electron chi connectivity index (χ1n) is 9.80. The highest BCUT2D eigenvalue weighted by molar-refractivity contribution is 5.97. The average Bonchev–Trinajstić information content (AvgIpc) is 2.86. The molecule has 3 aromatic rings. The molecule has 0 fully saturated rings. The van der Waals surface area contributed by atoms with Crippen molar-refractivity contribution in [2.75, 3.05) is 14.2 Å². The molecule has 35 heavy (non-hydrogen) atoms. The van der Waals surface area contributed by atoms with Gasteiger partial charge in [-0.25, -0.2) is 15.8 Å². The molecular formula is C23H23N5O7. The molecule has 0 atom stereocenters. The number of para-hydroxylation sites is 2. The second kappa shape index (κ2) is 12.3. The Morgan fingerprint density at radius 2 is 1.17 bits per heavy atom. The van der Waals surface area contributed by atoms with E-state index in [0.717, 1.165) is 0 Å². The monoisotopic (exact) mass is 481 g/mol. The fraction of sp³-hybridized carbons (Fsp3) is 0.0870. The van der Waals surface area contributed by atoms with Gasteiger partial charge in [0.15, 0.2) is 23.0 Å². The van der Waals surface area contributed by atoms with Gasteiger partial charge in [0.1, 0.15) is 11.4 Å². The van der Waals surface area contributed by atoms with Gasteiger partial charge in [0.2, 0.25) is 0 Å². The second-order valence-corrected chi connectivity index (χ2v) is 6.60. The van der Waals surface area contributed by atoms with Crippen LogP contribution in [0.25, 0.3) is 0 Å². The summed E-state index contributed by atoms with van der Waals surface area (Å²) in [5.74, 6) is -1.05. The van der Waals surface area contributed by atoms with Crippen molar-refractivity contribution >= 4 is 24.2 Å². The van der Waals surface area contributed by atoms with E-state index in [1.54, 1.807) is 36.4 Å². The number of carbonyl (C=O) groups excluding carboxylic acids is 2. The molecule has 1 aromatic heterocycles. The third kappa shape index (κ3) is 6.52. The Balaban J connectivity index is 0.00000432. The number of nitrogens with zero attached hydrogens (tertiary/aromatic N) is 3. The molecular weight excluding hydrogens is 458 g/mol. The lowest BCUT2D eigenvalue weighted by atomic mass is 10.2. The normalized spacial score (nSPS) is 10.6. The van der Waals surface area contributed by atoms with Crippen molar-refractivity contribution in [1.82, 2.24) is 15.8 Å². The van der Waals surface area contributed by atoms with Crippen LogP contribution in [0.5, 0.6) is 23.0 Å². The zero-order valence-corrected chi connectivity index (χ0v) is 18.7. The molecule has 0 spiro atoms. The minimum atomic E-state index is -0.668. The van der Waals surface area contributed by atoms with Gasteiger partial charge in [-0.3, -0.25) is 9.59 Å². The minimum absolute atomic E-state index is 0. The van der Waals surface area contributed by atoms with Gasteiger partial charge in [0.25, 0.3) is 11.8 Å². The van der Waals surface area contributed by atoms with Crippen molar-refractivity contribution < 1.29 is 34.8 Å². The number of nitrogens with one attached hydrogen (secondary N) is 2. The molecule has 1 heterocycles. The Morgan fingerprint density at radius 3 is 1.57 bits per heavy atom. The molecule has 2 aromatic carbocycles. The summed E-state index contributed by atoms with van der Waals surface area (Å²) in [4.78, 5) is 28.7. The molecule has 0 unspecified atom stereocenters. The number of amides is 2. The van der Waals surface area contributed by atoms with Crippen molar-refractivity contribution in [2.24, 2.45) is 10.2 Å². The number of hydrogen-bond donors (Lipinski definition) is 4. The lowest BCUT2D eigenvalue weighted by Crippen LogP contribution is -2.23. The number of pyridine rings is 1. The van der Waals surface area contributed by atoms with E-state index in [0.29, 0.717) is 11.1 Å². The summed E-state index contributed by atoms with van der Waals surface area (Å²) in [7, 11) is 2.83. The van der Waals surface area contributed by atoms with Gasteiger partial charge in [-0.15, -0.1) is 0 Å².